The maximum absolute atomic E-state index is 12.8. The first kappa shape index (κ1) is 9.98. The van der Waals surface area contributed by atoms with Gasteiger partial charge >= 0.3 is 0 Å². The van der Waals surface area contributed by atoms with Gasteiger partial charge in [0.2, 0.25) is 0 Å². The Morgan fingerprint density at radius 3 is 3.00 bits per heavy atom. The van der Waals surface area contributed by atoms with Crippen LogP contribution in [0.2, 0.25) is 0 Å². The Morgan fingerprint density at radius 1 is 1.47 bits per heavy atom. The van der Waals surface area contributed by atoms with Crippen LogP contribution in [0.3, 0.4) is 0 Å². The second-order valence-corrected chi connectivity index (χ2v) is 3.90. The minimum atomic E-state index is -0.480. The van der Waals surface area contributed by atoms with Crippen LogP contribution >= 0.6 is 11.3 Å². The van der Waals surface area contributed by atoms with E-state index in [-0.39, 0.29) is 5.78 Å². The highest BCUT2D eigenvalue weighted by Gasteiger charge is 2.08. The van der Waals surface area contributed by atoms with Crippen LogP contribution in [0.25, 0.3) is 0 Å². The molecule has 0 bridgehead atoms. The second kappa shape index (κ2) is 4.31. The number of hydrogen-bond donors (Lipinski definition) is 0. The standard InChI is InChI=1S/C11H8FNOS/c12-10-4-9(5-13-6-10)11(14)3-8-1-2-15-7-8/h1-2,4-7H,3H2. The Morgan fingerprint density at radius 2 is 2.33 bits per heavy atom. The Balaban J connectivity index is 2.15. The lowest BCUT2D eigenvalue weighted by Gasteiger charge is -1.98. The lowest BCUT2D eigenvalue weighted by atomic mass is 10.1. The van der Waals surface area contributed by atoms with E-state index in [1.54, 1.807) is 0 Å². The van der Waals surface area contributed by atoms with Crippen LogP contribution in [0.4, 0.5) is 4.39 Å². The third-order valence-electron chi connectivity index (χ3n) is 1.97. The molecule has 0 atom stereocenters. The third-order valence-corrected chi connectivity index (χ3v) is 2.70. The Kier molecular flexibility index (Phi) is 2.87. The van der Waals surface area contributed by atoms with E-state index in [1.165, 1.54) is 23.6 Å². The number of nitrogens with zero attached hydrogens (tertiary/aromatic N) is 1. The fraction of sp³-hybridized carbons (Fsp3) is 0.0909. The Labute approximate surface area is 90.4 Å². The molecule has 0 aliphatic heterocycles. The maximum atomic E-state index is 12.8. The molecule has 0 aliphatic rings. The molecule has 4 heteroatoms. The molecule has 2 aromatic rings. The Bertz CT molecular complexity index is 467. The molecule has 0 fully saturated rings. The molecule has 15 heavy (non-hydrogen) atoms. The van der Waals surface area contributed by atoms with E-state index in [0.29, 0.717) is 12.0 Å². The van der Waals surface area contributed by atoms with Gasteiger partial charge in [-0.05, 0) is 28.5 Å². The molecule has 0 aromatic carbocycles. The molecule has 0 radical (unpaired) electrons. The zero-order chi connectivity index (χ0) is 10.7. The lowest BCUT2D eigenvalue weighted by Crippen LogP contribution is -2.03. The van der Waals surface area contributed by atoms with Crippen LogP contribution in [-0.4, -0.2) is 10.8 Å². The fourth-order valence-electron chi connectivity index (χ4n) is 1.25. The second-order valence-electron chi connectivity index (χ2n) is 3.12. The normalized spacial score (nSPS) is 10.2. The summed E-state index contributed by atoms with van der Waals surface area (Å²) in [5.74, 6) is -0.591. The predicted octanol–water partition coefficient (Wildman–Crippen LogP) is 2.71. The molecule has 0 aliphatic carbocycles. The van der Waals surface area contributed by atoms with Gasteiger partial charge in [0.05, 0.1) is 6.20 Å². The first-order valence-corrected chi connectivity index (χ1v) is 5.35. The van der Waals surface area contributed by atoms with Gasteiger partial charge in [0.25, 0.3) is 0 Å². The zero-order valence-corrected chi connectivity index (χ0v) is 8.63. The summed E-state index contributed by atoms with van der Waals surface area (Å²) in [6.07, 6.45) is 2.77. The van der Waals surface area contributed by atoms with E-state index < -0.39 is 5.82 Å². The molecular formula is C11H8FNOS. The summed E-state index contributed by atoms with van der Waals surface area (Å²) in [5, 5.41) is 3.82. The lowest BCUT2D eigenvalue weighted by molar-refractivity contribution is 0.0992. The van der Waals surface area contributed by atoms with Crippen molar-refractivity contribution < 1.29 is 9.18 Å². The van der Waals surface area contributed by atoms with Crippen LogP contribution in [0.1, 0.15) is 15.9 Å². The van der Waals surface area contributed by atoms with Crippen molar-refractivity contribution in [1.82, 2.24) is 4.98 Å². The number of aromatic nitrogens is 1. The largest absolute Gasteiger partial charge is 0.294 e. The summed E-state index contributed by atoms with van der Waals surface area (Å²) in [4.78, 5) is 15.3. The number of thiophene rings is 1. The first-order valence-electron chi connectivity index (χ1n) is 4.40. The monoisotopic (exact) mass is 221 g/mol. The molecule has 2 rings (SSSR count). The molecule has 76 valence electrons. The summed E-state index contributed by atoms with van der Waals surface area (Å²) >= 11 is 1.54. The van der Waals surface area contributed by atoms with Gasteiger partial charge in [-0.3, -0.25) is 9.78 Å². The third kappa shape index (κ3) is 2.47. The predicted molar refractivity (Wildman–Crippen MR) is 56.5 cm³/mol. The number of pyridine rings is 1. The van der Waals surface area contributed by atoms with Crippen molar-refractivity contribution in [2.45, 2.75) is 6.42 Å². The van der Waals surface area contributed by atoms with Crippen molar-refractivity contribution in [3.05, 3.63) is 52.2 Å². The van der Waals surface area contributed by atoms with Crippen LogP contribution in [0, 0.1) is 5.82 Å². The van der Waals surface area contributed by atoms with Crippen molar-refractivity contribution in [3.63, 3.8) is 0 Å². The van der Waals surface area contributed by atoms with E-state index in [1.807, 2.05) is 16.8 Å². The summed E-state index contributed by atoms with van der Waals surface area (Å²) in [6, 6.07) is 3.09. The van der Waals surface area contributed by atoms with Gasteiger partial charge in [0, 0.05) is 18.2 Å². The van der Waals surface area contributed by atoms with Crippen LogP contribution < -0.4 is 0 Å². The van der Waals surface area contributed by atoms with E-state index >= 15 is 0 Å². The van der Waals surface area contributed by atoms with Gasteiger partial charge in [-0.15, -0.1) is 0 Å². The average Bonchev–Trinajstić information content (AvgIpc) is 2.70. The van der Waals surface area contributed by atoms with Crippen molar-refractivity contribution in [2.75, 3.05) is 0 Å². The van der Waals surface area contributed by atoms with E-state index in [2.05, 4.69) is 4.98 Å². The van der Waals surface area contributed by atoms with Gasteiger partial charge < -0.3 is 0 Å². The molecule has 0 spiro atoms. The molecule has 0 saturated carbocycles. The number of carbonyl (C=O) groups is 1. The number of Topliss-reactive ketones (excluding diaryl/α,β-unsaturated/α-hetero) is 1. The summed E-state index contributed by atoms with van der Waals surface area (Å²) < 4.78 is 12.8. The number of ketones is 1. The van der Waals surface area contributed by atoms with Crippen molar-refractivity contribution in [1.29, 1.82) is 0 Å². The average molecular weight is 221 g/mol. The molecule has 0 N–H and O–H groups in total. The number of hydrogen-bond acceptors (Lipinski definition) is 3. The van der Waals surface area contributed by atoms with Crippen LogP contribution in [0.15, 0.2) is 35.3 Å². The topological polar surface area (TPSA) is 30.0 Å². The maximum Gasteiger partial charge on any atom is 0.168 e. The minimum Gasteiger partial charge on any atom is -0.294 e. The van der Waals surface area contributed by atoms with Gasteiger partial charge in [-0.25, -0.2) is 4.39 Å². The van der Waals surface area contributed by atoms with E-state index in [0.717, 1.165) is 11.8 Å². The molecule has 2 heterocycles. The molecule has 0 amide bonds. The van der Waals surface area contributed by atoms with E-state index in [4.69, 9.17) is 0 Å². The smallest absolute Gasteiger partial charge is 0.168 e. The molecule has 0 saturated heterocycles. The van der Waals surface area contributed by atoms with Crippen molar-refractivity contribution in [2.24, 2.45) is 0 Å². The zero-order valence-electron chi connectivity index (χ0n) is 7.81. The fourth-order valence-corrected chi connectivity index (χ4v) is 1.91. The van der Waals surface area contributed by atoms with Gasteiger partial charge in [0.1, 0.15) is 5.82 Å². The van der Waals surface area contributed by atoms with Crippen LogP contribution in [0.5, 0.6) is 0 Å². The number of carbonyl (C=O) groups excluding carboxylic acids is 1. The highest BCUT2D eigenvalue weighted by Crippen LogP contribution is 2.10. The Hall–Kier alpha value is -1.55. The molecular weight excluding hydrogens is 213 g/mol. The summed E-state index contributed by atoms with van der Waals surface area (Å²) in [6.45, 7) is 0. The van der Waals surface area contributed by atoms with Crippen molar-refractivity contribution >= 4 is 17.1 Å². The van der Waals surface area contributed by atoms with E-state index in [9.17, 15) is 9.18 Å². The van der Waals surface area contributed by atoms with Gasteiger partial charge in [-0.1, -0.05) is 0 Å². The molecule has 0 unspecified atom stereocenters. The summed E-state index contributed by atoms with van der Waals surface area (Å²) in [7, 11) is 0. The van der Waals surface area contributed by atoms with Gasteiger partial charge in [0.15, 0.2) is 5.78 Å². The molecule has 2 aromatic heterocycles. The SMILES string of the molecule is O=C(Cc1ccsc1)c1cncc(F)c1. The minimum absolute atomic E-state index is 0.111. The molecule has 2 nitrogen and oxygen atoms in total. The first-order chi connectivity index (χ1) is 7.25. The highest BCUT2D eigenvalue weighted by molar-refractivity contribution is 7.08. The van der Waals surface area contributed by atoms with Crippen LogP contribution in [-0.2, 0) is 6.42 Å². The number of rotatable bonds is 3. The number of halogens is 1. The van der Waals surface area contributed by atoms with Gasteiger partial charge in [-0.2, -0.15) is 11.3 Å². The highest BCUT2D eigenvalue weighted by atomic mass is 32.1. The summed E-state index contributed by atoms with van der Waals surface area (Å²) in [5.41, 5.74) is 1.27. The van der Waals surface area contributed by atoms with Crippen molar-refractivity contribution in [3.8, 4) is 0 Å². The quantitative estimate of drug-likeness (QED) is 0.746.